The summed E-state index contributed by atoms with van der Waals surface area (Å²) >= 11 is 0. The van der Waals surface area contributed by atoms with Crippen LogP contribution >= 0.6 is 0 Å². The maximum absolute atomic E-state index is 8.42. The third-order valence-corrected chi connectivity index (χ3v) is 0.826. The van der Waals surface area contributed by atoms with Gasteiger partial charge in [0.1, 0.15) is 0 Å². The van der Waals surface area contributed by atoms with Crippen molar-refractivity contribution in [2.75, 3.05) is 5.84 Å². The van der Waals surface area contributed by atoms with Crippen molar-refractivity contribution in [3.63, 3.8) is 0 Å². The highest BCUT2D eigenvalue weighted by Gasteiger charge is 1.90. The lowest BCUT2D eigenvalue weighted by Crippen LogP contribution is -2.08. The van der Waals surface area contributed by atoms with Gasteiger partial charge in [0.25, 0.3) is 0 Å². The van der Waals surface area contributed by atoms with Crippen molar-refractivity contribution in [1.29, 1.82) is 0 Å². The maximum Gasteiger partial charge on any atom is 0.0899 e. The smallest absolute Gasteiger partial charge is 0.0899 e. The Hall–Kier alpha value is -1.03. The summed E-state index contributed by atoms with van der Waals surface area (Å²) < 4.78 is 0. The summed E-state index contributed by atoms with van der Waals surface area (Å²) in [7, 11) is 0. The van der Waals surface area contributed by atoms with Gasteiger partial charge < -0.3 is 10.9 Å². The number of aliphatic hydroxyl groups excluding tert-OH is 1. The molecule has 0 spiro atoms. The largest absolute Gasteiger partial charge is 0.390 e. The maximum atomic E-state index is 8.42. The molecule has 0 bridgehead atoms. The van der Waals surface area contributed by atoms with Gasteiger partial charge in [-0.3, -0.25) is 0 Å². The second-order valence-electron chi connectivity index (χ2n) is 1.45. The van der Waals surface area contributed by atoms with E-state index in [4.69, 9.17) is 10.9 Å². The van der Waals surface area contributed by atoms with E-state index in [1.807, 2.05) is 0 Å². The molecule has 0 aliphatic carbocycles. The molecule has 3 N–H and O–H groups in total. The van der Waals surface area contributed by atoms with Gasteiger partial charge in [0.05, 0.1) is 12.3 Å². The van der Waals surface area contributed by atoms with Crippen molar-refractivity contribution < 1.29 is 5.11 Å². The summed E-state index contributed by atoms with van der Waals surface area (Å²) in [6, 6.07) is 1.65. The minimum atomic E-state index is -0.0514. The van der Waals surface area contributed by atoms with Crippen LogP contribution in [0.3, 0.4) is 0 Å². The van der Waals surface area contributed by atoms with Crippen LogP contribution in [0.25, 0.3) is 0 Å². The molecule has 0 aliphatic heterocycles. The van der Waals surface area contributed by atoms with Crippen molar-refractivity contribution in [3.05, 3.63) is 18.0 Å². The average Bonchev–Trinajstić information content (AvgIpc) is 2.14. The third-order valence-electron chi connectivity index (χ3n) is 0.826. The predicted octanol–water partition coefficient (Wildman–Crippen LogP) is -0.911. The van der Waals surface area contributed by atoms with Gasteiger partial charge in [0.2, 0.25) is 0 Å². The van der Waals surface area contributed by atoms with Crippen molar-refractivity contribution in [2.45, 2.75) is 6.61 Å². The minimum Gasteiger partial charge on any atom is -0.390 e. The molecule has 4 heteroatoms. The molecule has 8 heavy (non-hydrogen) atoms. The molecule has 0 fully saturated rings. The Balaban J connectivity index is 2.84. The van der Waals surface area contributed by atoms with Crippen LogP contribution in [0.5, 0.6) is 0 Å². The van der Waals surface area contributed by atoms with Gasteiger partial charge >= 0.3 is 0 Å². The first-order valence-corrected chi connectivity index (χ1v) is 2.23. The zero-order valence-electron chi connectivity index (χ0n) is 4.28. The Bertz CT molecular complexity index is 172. The molecular formula is C4H7N3O. The van der Waals surface area contributed by atoms with E-state index in [2.05, 4.69) is 5.10 Å². The molecule has 0 aliphatic rings. The Morgan fingerprint density at radius 1 is 1.88 bits per heavy atom. The van der Waals surface area contributed by atoms with Gasteiger partial charge in [-0.15, -0.1) is 0 Å². The van der Waals surface area contributed by atoms with Gasteiger partial charge in [0.15, 0.2) is 0 Å². The van der Waals surface area contributed by atoms with Crippen LogP contribution in [0.2, 0.25) is 0 Å². The zero-order chi connectivity index (χ0) is 5.98. The van der Waals surface area contributed by atoms with Gasteiger partial charge in [0, 0.05) is 6.20 Å². The van der Waals surface area contributed by atoms with Gasteiger partial charge in [-0.25, -0.2) is 0 Å². The first-order valence-electron chi connectivity index (χ1n) is 2.23. The summed E-state index contributed by atoms with van der Waals surface area (Å²) in [6.07, 6.45) is 1.57. The molecule has 0 saturated carbocycles. The molecule has 1 aromatic heterocycles. The second kappa shape index (κ2) is 1.83. The Morgan fingerprint density at radius 3 is 2.88 bits per heavy atom. The summed E-state index contributed by atoms with van der Waals surface area (Å²) in [4.78, 5) is 1.16. The van der Waals surface area contributed by atoms with Gasteiger partial charge in [-0.1, -0.05) is 0 Å². The Kier molecular flexibility index (Phi) is 1.17. The summed E-state index contributed by atoms with van der Waals surface area (Å²) in [6.45, 7) is -0.0514. The fourth-order valence-electron chi connectivity index (χ4n) is 0.462. The number of nitrogen functional groups attached to an aromatic ring is 1. The molecule has 0 radical (unpaired) electrons. The molecule has 4 nitrogen and oxygen atoms in total. The molecule has 0 aromatic carbocycles. The number of aromatic nitrogens is 2. The molecule has 44 valence electrons. The number of hydrogen-bond donors (Lipinski definition) is 2. The van der Waals surface area contributed by atoms with E-state index in [1.54, 1.807) is 12.3 Å². The molecular weight excluding hydrogens is 106 g/mol. The number of aliphatic hydroxyl groups is 1. The van der Waals surface area contributed by atoms with Gasteiger partial charge in [-0.2, -0.15) is 9.89 Å². The second-order valence-corrected chi connectivity index (χ2v) is 1.45. The summed E-state index contributed by atoms with van der Waals surface area (Å²) in [5.41, 5.74) is 0.590. The lowest BCUT2D eigenvalue weighted by Gasteiger charge is -1.84. The molecule has 0 unspecified atom stereocenters. The van der Waals surface area contributed by atoms with E-state index in [0.717, 1.165) is 4.79 Å². The number of rotatable bonds is 1. The van der Waals surface area contributed by atoms with E-state index in [9.17, 15) is 0 Å². The summed E-state index contributed by atoms with van der Waals surface area (Å²) in [5, 5.41) is 12.1. The topological polar surface area (TPSA) is 64.1 Å². The molecule has 0 atom stereocenters. The highest BCUT2D eigenvalue weighted by molar-refractivity contribution is 4.96. The SMILES string of the molecule is Nn1ccc(CO)n1. The first-order chi connectivity index (χ1) is 3.83. The van der Waals surface area contributed by atoms with Crippen molar-refractivity contribution >= 4 is 0 Å². The molecule has 1 heterocycles. The van der Waals surface area contributed by atoms with Crippen molar-refractivity contribution in [2.24, 2.45) is 0 Å². The lowest BCUT2D eigenvalue weighted by molar-refractivity contribution is 0.276. The number of nitrogens with two attached hydrogens (primary N) is 1. The summed E-state index contributed by atoms with van der Waals surface area (Å²) in [5.74, 6) is 5.15. The Morgan fingerprint density at radius 2 is 2.62 bits per heavy atom. The van der Waals surface area contributed by atoms with Crippen LogP contribution in [0.4, 0.5) is 0 Å². The predicted molar refractivity (Wildman–Crippen MR) is 28.3 cm³/mol. The minimum absolute atomic E-state index is 0.0514. The van der Waals surface area contributed by atoms with E-state index in [0.29, 0.717) is 5.69 Å². The lowest BCUT2D eigenvalue weighted by atomic mass is 10.5. The van der Waals surface area contributed by atoms with Crippen LogP contribution in [0.1, 0.15) is 5.69 Å². The van der Waals surface area contributed by atoms with Crippen LogP contribution in [-0.4, -0.2) is 15.0 Å². The quantitative estimate of drug-likeness (QED) is 0.463. The highest BCUT2D eigenvalue weighted by atomic mass is 16.3. The normalized spacial score (nSPS) is 9.62. The standard InChI is InChI=1S/C4H7N3O/c5-7-2-1-4(3-8)6-7/h1-2,8H,3,5H2. The highest BCUT2D eigenvalue weighted by Crippen LogP contribution is 1.89. The van der Waals surface area contributed by atoms with Crippen LogP contribution in [0, 0.1) is 0 Å². The fourth-order valence-corrected chi connectivity index (χ4v) is 0.462. The number of hydrogen-bond acceptors (Lipinski definition) is 3. The third kappa shape index (κ3) is 0.788. The van der Waals surface area contributed by atoms with E-state index >= 15 is 0 Å². The Labute approximate surface area is 46.5 Å². The monoisotopic (exact) mass is 113 g/mol. The number of nitrogens with zero attached hydrogens (tertiary/aromatic N) is 2. The van der Waals surface area contributed by atoms with Crippen LogP contribution in [0.15, 0.2) is 12.3 Å². The molecule has 1 rings (SSSR count). The van der Waals surface area contributed by atoms with Crippen LogP contribution < -0.4 is 5.84 Å². The van der Waals surface area contributed by atoms with Crippen LogP contribution in [-0.2, 0) is 6.61 Å². The van der Waals surface area contributed by atoms with Crippen molar-refractivity contribution in [1.82, 2.24) is 9.89 Å². The zero-order valence-corrected chi connectivity index (χ0v) is 4.28. The van der Waals surface area contributed by atoms with Crippen molar-refractivity contribution in [3.8, 4) is 0 Å². The first kappa shape index (κ1) is 5.11. The van der Waals surface area contributed by atoms with E-state index < -0.39 is 0 Å². The molecule has 0 amide bonds. The van der Waals surface area contributed by atoms with E-state index in [-0.39, 0.29) is 6.61 Å². The van der Waals surface area contributed by atoms with E-state index in [1.165, 1.54) is 0 Å². The molecule has 1 aromatic rings. The fraction of sp³-hybridized carbons (Fsp3) is 0.250. The van der Waals surface area contributed by atoms with Gasteiger partial charge in [-0.05, 0) is 6.07 Å². The molecule has 0 saturated heterocycles. The average molecular weight is 113 g/mol.